The normalized spacial score (nSPS) is 11.4. The zero-order valence-electron chi connectivity index (χ0n) is 24.3. The van der Waals surface area contributed by atoms with E-state index in [1.165, 1.54) is 0 Å². The van der Waals surface area contributed by atoms with Crippen molar-refractivity contribution in [1.82, 2.24) is 9.13 Å². The van der Waals surface area contributed by atoms with Crippen molar-refractivity contribution in [3.8, 4) is 34.6 Å². The monoisotopic (exact) mass is 562 g/mol. The van der Waals surface area contributed by atoms with Crippen LogP contribution in [0.4, 0.5) is 0 Å². The molecule has 4 heteroatoms. The zero-order chi connectivity index (χ0) is 29.9. The molecule has 0 bridgehead atoms. The minimum absolute atomic E-state index is 0.585. The van der Waals surface area contributed by atoms with E-state index in [1.807, 2.05) is 24.3 Å². The fourth-order valence-corrected chi connectivity index (χ4v) is 6.89. The third kappa shape index (κ3) is 3.62. The standard InChI is InChI=1S/C40H26N4/c1-25-10-7-16-32-30-14-3-5-18-35(30)43(39(25)32)37-21-29(28-13-9-12-27(20-28)23-41)22-38(34(37)24-42)44-36-19-6-4-15-31(36)33-17-8-11-26(2)40(33)44/h3-22H,1-2H3. The summed E-state index contributed by atoms with van der Waals surface area (Å²) in [6.07, 6.45) is 0. The van der Waals surface area contributed by atoms with Crippen molar-refractivity contribution in [3.63, 3.8) is 0 Å². The molecule has 0 fully saturated rings. The predicted octanol–water partition coefficient (Wildman–Crippen LogP) is 9.91. The first kappa shape index (κ1) is 25.6. The van der Waals surface area contributed by atoms with Crippen LogP contribution < -0.4 is 0 Å². The van der Waals surface area contributed by atoms with E-state index >= 15 is 0 Å². The summed E-state index contributed by atoms with van der Waals surface area (Å²) in [5, 5.41) is 25.4. The van der Waals surface area contributed by atoms with Gasteiger partial charge in [0.05, 0.1) is 45.1 Å². The third-order valence-corrected chi connectivity index (χ3v) is 8.81. The zero-order valence-corrected chi connectivity index (χ0v) is 24.3. The van der Waals surface area contributed by atoms with Crippen molar-refractivity contribution in [2.45, 2.75) is 13.8 Å². The number of aromatic nitrogens is 2. The van der Waals surface area contributed by atoms with Crippen molar-refractivity contribution in [1.29, 1.82) is 10.5 Å². The Morgan fingerprint density at radius 3 is 1.50 bits per heavy atom. The highest BCUT2D eigenvalue weighted by molar-refractivity contribution is 6.12. The number of para-hydroxylation sites is 4. The Morgan fingerprint density at radius 2 is 0.977 bits per heavy atom. The number of aryl methyl sites for hydroxylation is 2. The Labute approximate surface area is 254 Å². The molecule has 6 aromatic carbocycles. The largest absolute Gasteiger partial charge is 0.308 e. The number of nitrogens with zero attached hydrogens (tertiary/aromatic N) is 4. The van der Waals surface area contributed by atoms with E-state index in [2.05, 4.69) is 132 Å². The van der Waals surface area contributed by atoms with Crippen LogP contribution in [0.15, 0.2) is 121 Å². The summed E-state index contributed by atoms with van der Waals surface area (Å²) < 4.78 is 4.50. The van der Waals surface area contributed by atoms with Crippen molar-refractivity contribution >= 4 is 43.6 Å². The van der Waals surface area contributed by atoms with Crippen LogP contribution in [0.2, 0.25) is 0 Å². The SMILES string of the molecule is Cc1cccc2c3ccccc3n(-c3cc(-c4cccc(C#N)c4)cc(-n4c5ccccc5c5cccc(C)c54)c3C#N)c12. The van der Waals surface area contributed by atoms with Crippen molar-refractivity contribution < 1.29 is 0 Å². The average molecular weight is 563 g/mol. The minimum Gasteiger partial charge on any atom is -0.308 e. The maximum absolute atomic E-state index is 11.0. The van der Waals surface area contributed by atoms with Gasteiger partial charge in [0.15, 0.2) is 0 Å². The predicted molar refractivity (Wildman–Crippen MR) is 179 cm³/mol. The van der Waals surface area contributed by atoms with Gasteiger partial charge < -0.3 is 9.13 Å². The third-order valence-electron chi connectivity index (χ3n) is 8.81. The first-order chi connectivity index (χ1) is 21.6. The fraction of sp³-hybridized carbons (Fsp3) is 0.0500. The molecular formula is C40H26N4. The summed E-state index contributed by atoms with van der Waals surface area (Å²) in [6, 6.07) is 46.4. The van der Waals surface area contributed by atoms with Crippen molar-refractivity contribution in [2.75, 3.05) is 0 Å². The summed E-state index contributed by atoms with van der Waals surface area (Å²) in [5.41, 5.74) is 11.2. The first-order valence-electron chi connectivity index (χ1n) is 14.7. The topological polar surface area (TPSA) is 57.4 Å². The maximum Gasteiger partial charge on any atom is 0.104 e. The summed E-state index contributed by atoms with van der Waals surface area (Å²) in [6.45, 7) is 4.25. The Bertz CT molecular complexity index is 2410. The Balaban J connectivity index is 1.60. The van der Waals surface area contributed by atoms with Gasteiger partial charge in [0.2, 0.25) is 0 Å². The number of benzene rings is 6. The van der Waals surface area contributed by atoms with Crippen LogP contribution in [0.5, 0.6) is 0 Å². The molecule has 8 rings (SSSR count). The molecule has 8 aromatic rings. The lowest BCUT2D eigenvalue weighted by Crippen LogP contribution is -2.06. The van der Waals surface area contributed by atoms with Crippen LogP contribution in [0, 0.1) is 36.5 Å². The van der Waals surface area contributed by atoms with Gasteiger partial charge in [-0.25, -0.2) is 0 Å². The summed E-state index contributed by atoms with van der Waals surface area (Å²) in [4.78, 5) is 0. The molecule has 0 saturated heterocycles. The molecule has 0 spiro atoms. The second-order valence-corrected chi connectivity index (χ2v) is 11.3. The number of hydrogen-bond donors (Lipinski definition) is 0. The number of rotatable bonds is 3. The van der Waals surface area contributed by atoms with E-state index in [9.17, 15) is 10.5 Å². The van der Waals surface area contributed by atoms with Gasteiger partial charge in [-0.2, -0.15) is 10.5 Å². The van der Waals surface area contributed by atoms with E-state index < -0.39 is 0 Å². The molecule has 206 valence electrons. The van der Waals surface area contributed by atoms with Gasteiger partial charge in [-0.3, -0.25) is 0 Å². The van der Waals surface area contributed by atoms with Gasteiger partial charge in [0.1, 0.15) is 11.6 Å². The lowest BCUT2D eigenvalue weighted by atomic mass is 9.98. The van der Waals surface area contributed by atoms with Crippen LogP contribution in [0.1, 0.15) is 22.3 Å². The Kier molecular flexibility index (Phi) is 5.66. The molecule has 0 saturated carbocycles. The van der Waals surface area contributed by atoms with Gasteiger partial charge in [-0.05, 0) is 72.5 Å². The molecule has 0 unspecified atom stereocenters. The second kappa shape index (κ2) is 9.73. The fourth-order valence-electron chi connectivity index (χ4n) is 6.89. The van der Waals surface area contributed by atoms with Crippen LogP contribution in [-0.4, -0.2) is 9.13 Å². The highest BCUT2D eigenvalue weighted by Gasteiger charge is 2.23. The molecule has 0 aliphatic rings. The minimum atomic E-state index is 0.585. The Hall–Kier alpha value is -6.10. The molecule has 2 heterocycles. The molecular weight excluding hydrogens is 536 g/mol. The molecule has 2 aromatic heterocycles. The van der Waals surface area contributed by atoms with E-state index in [1.54, 1.807) is 0 Å². The maximum atomic E-state index is 11.0. The van der Waals surface area contributed by atoms with Gasteiger partial charge in [-0.15, -0.1) is 0 Å². The molecule has 0 radical (unpaired) electrons. The molecule has 0 atom stereocenters. The van der Waals surface area contributed by atoms with E-state index in [0.29, 0.717) is 11.1 Å². The highest BCUT2D eigenvalue weighted by atomic mass is 15.0. The summed E-state index contributed by atoms with van der Waals surface area (Å²) in [7, 11) is 0. The van der Waals surface area contributed by atoms with E-state index in [-0.39, 0.29) is 0 Å². The number of nitriles is 2. The van der Waals surface area contributed by atoms with Crippen LogP contribution in [0.25, 0.3) is 66.1 Å². The Morgan fingerprint density at radius 1 is 0.477 bits per heavy atom. The van der Waals surface area contributed by atoms with E-state index in [0.717, 1.165) is 77.2 Å². The highest BCUT2D eigenvalue weighted by Crippen LogP contribution is 2.41. The van der Waals surface area contributed by atoms with Crippen LogP contribution >= 0.6 is 0 Å². The van der Waals surface area contributed by atoms with Gasteiger partial charge in [-0.1, -0.05) is 84.9 Å². The lowest BCUT2D eigenvalue weighted by molar-refractivity contribution is 1.11. The molecule has 4 nitrogen and oxygen atoms in total. The smallest absolute Gasteiger partial charge is 0.104 e. The lowest BCUT2D eigenvalue weighted by Gasteiger charge is -2.19. The van der Waals surface area contributed by atoms with Crippen molar-refractivity contribution in [2.24, 2.45) is 0 Å². The molecule has 0 amide bonds. The first-order valence-corrected chi connectivity index (χ1v) is 14.7. The molecule has 0 N–H and O–H groups in total. The number of hydrogen-bond acceptors (Lipinski definition) is 2. The van der Waals surface area contributed by atoms with Crippen LogP contribution in [0.3, 0.4) is 0 Å². The van der Waals surface area contributed by atoms with Crippen molar-refractivity contribution in [3.05, 3.63) is 144 Å². The summed E-state index contributed by atoms with van der Waals surface area (Å²) >= 11 is 0. The molecule has 0 aliphatic heterocycles. The quantitative estimate of drug-likeness (QED) is 0.215. The van der Waals surface area contributed by atoms with Gasteiger partial charge in [0, 0.05) is 21.5 Å². The average Bonchev–Trinajstić information content (AvgIpc) is 3.59. The molecule has 0 aliphatic carbocycles. The summed E-state index contributed by atoms with van der Waals surface area (Å²) in [5.74, 6) is 0. The molecule has 44 heavy (non-hydrogen) atoms. The second-order valence-electron chi connectivity index (χ2n) is 11.3. The van der Waals surface area contributed by atoms with E-state index in [4.69, 9.17) is 0 Å². The van der Waals surface area contributed by atoms with Gasteiger partial charge in [0.25, 0.3) is 0 Å². The number of fused-ring (bicyclic) bond motifs is 6. The van der Waals surface area contributed by atoms with Gasteiger partial charge >= 0.3 is 0 Å². The van der Waals surface area contributed by atoms with Crippen LogP contribution in [-0.2, 0) is 0 Å².